The fraction of sp³-hybridized carbons (Fsp3) is 0.385. The molecule has 1 aliphatic rings. The molecule has 7 heteroatoms. The van der Waals surface area contributed by atoms with Crippen LogP contribution in [0.25, 0.3) is 0 Å². The molecule has 0 saturated carbocycles. The van der Waals surface area contributed by atoms with Gasteiger partial charge in [0.05, 0.1) is 5.54 Å². The van der Waals surface area contributed by atoms with Crippen LogP contribution in [-0.2, 0) is 0 Å². The van der Waals surface area contributed by atoms with Crippen molar-refractivity contribution in [2.24, 2.45) is 10.9 Å². The van der Waals surface area contributed by atoms with E-state index in [2.05, 4.69) is 10.5 Å². The monoisotopic (exact) mass is 279 g/mol. The molecule has 0 bridgehead atoms. The van der Waals surface area contributed by atoms with Gasteiger partial charge in [0, 0.05) is 5.56 Å². The summed E-state index contributed by atoms with van der Waals surface area (Å²) in [6.07, 6.45) is 0. The van der Waals surface area contributed by atoms with E-state index in [4.69, 9.17) is 20.4 Å². The number of hydrogen-bond donors (Lipinski definition) is 3. The summed E-state index contributed by atoms with van der Waals surface area (Å²) in [6, 6.07) is 4.91. The van der Waals surface area contributed by atoms with Crippen LogP contribution in [0, 0.1) is 0 Å². The Morgan fingerprint density at radius 1 is 1.35 bits per heavy atom. The lowest BCUT2D eigenvalue weighted by Crippen LogP contribution is -2.53. The number of benzene rings is 1. The van der Waals surface area contributed by atoms with Crippen LogP contribution >= 0.6 is 0 Å². The van der Waals surface area contributed by atoms with Gasteiger partial charge in [0.1, 0.15) is 13.2 Å². The van der Waals surface area contributed by atoms with Gasteiger partial charge in [-0.1, -0.05) is 5.16 Å². The van der Waals surface area contributed by atoms with Gasteiger partial charge in [-0.05, 0) is 32.0 Å². The number of hydrogen-bond acceptors (Lipinski definition) is 5. The van der Waals surface area contributed by atoms with E-state index in [1.54, 1.807) is 32.0 Å². The summed E-state index contributed by atoms with van der Waals surface area (Å²) in [5.74, 6) is 0.718. The molecular weight excluding hydrogens is 262 g/mol. The van der Waals surface area contributed by atoms with Crippen LogP contribution < -0.4 is 20.5 Å². The Balaban J connectivity index is 2.18. The Bertz CT molecular complexity index is 555. The lowest BCUT2D eigenvalue weighted by Gasteiger charge is -2.25. The molecule has 1 amide bonds. The van der Waals surface area contributed by atoms with E-state index in [1.807, 2.05) is 0 Å². The summed E-state index contributed by atoms with van der Waals surface area (Å²) in [5.41, 5.74) is 4.98. The molecule has 2 rings (SSSR count). The fourth-order valence-electron chi connectivity index (χ4n) is 1.73. The first-order valence-electron chi connectivity index (χ1n) is 6.14. The normalized spacial score (nSPS) is 14.8. The molecule has 1 aromatic carbocycles. The standard InChI is InChI=1S/C13H17N3O4/c1-13(2,12(14)16-18)15-11(17)8-3-4-9-10(7-8)20-6-5-19-9/h3-4,7,18H,5-6H2,1-2H3,(H2,14,16)(H,15,17). The van der Waals surface area contributed by atoms with Crippen LogP contribution in [-0.4, -0.2) is 35.7 Å². The van der Waals surface area contributed by atoms with E-state index in [-0.39, 0.29) is 11.7 Å². The molecule has 0 aromatic heterocycles. The quantitative estimate of drug-likeness (QED) is 0.327. The van der Waals surface area contributed by atoms with Crippen LogP contribution in [0.2, 0.25) is 0 Å². The molecule has 0 unspecified atom stereocenters. The number of rotatable bonds is 3. The molecule has 0 fully saturated rings. The summed E-state index contributed by atoms with van der Waals surface area (Å²) in [7, 11) is 0. The predicted octanol–water partition coefficient (Wildman–Crippen LogP) is 0.713. The van der Waals surface area contributed by atoms with E-state index >= 15 is 0 Å². The molecule has 1 aliphatic heterocycles. The smallest absolute Gasteiger partial charge is 0.252 e. The van der Waals surface area contributed by atoms with Gasteiger partial charge < -0.3 is 25.7 Å². The molecular formula is C13H17N3O4. The van der Waals surface area contributed by atoms with E-state index in [0.717, 1.165) is 0 Å². The molecule has 0 aliphatic carbocycles. The summed E-state index contributed by atoms with van der Waals surface area (Å²) in [4.78, 5) is 12.2. The van der Waals surface area contributed by atoms with Gasteiger partial charge in [-0.2, -0.15) is 0 Å². The van der Waals surface area contributed by atoms with Crippen molar-refractivity contribution in [3.63, 3.8) is 0 Å². The Morgan fingerprint density at radius 3 is 2.65 bits per heavy atom. The highest BCUT2D eigenvalue weighted by atomic mass is 16.6. The van der Waals surface area contributed by atoms with Gasteiger partial charge in [0.25, 0.3) is 5.91 Å². The van der Waals surface area contributed by atoms with Crippen molar-refractivity contribution in [1.29, 1.82) is 0 Å². The minimum atomic E-state index is -0.959. The Kier molecular flexibility index (Phi) is 3.69. The van der Waals surface area contributed by atoms with Crippen molar-refractivity contribution in [3.05, 3.63) is 23.8 Å². The van der Waals surface area contributed by atoms with Gasteiger partial charge in [0.2, 0.25) is 0 Å². The van der Waals surface area contributed by atoms with Crippen molar-refractivity contribution < 1.29 is 19.5 Å². The van der Waals surface area contributed by atoms with Crippen LogP contribution in [0.4, 0.5) is 0 Å². The first-order chi connectivity index (χ1) is 9.44. The SMILES string of the molecule is CC(C)(NC(=O)c1ccc2c(c1)OCCO2)/C(N)=N/O. The highest BCUT2D eigenvalue weighted by Gasteiger charge is 2.26. The number of carbonyl (C=O) groups excluding carboxylic acids is 1. The zero-order chi connectivity index (χ0) is 14.8. The van der Waals surface area contributed by atoms with E-state index in [1.165, 1.54) is 0 Å². The Hall–Kier alpha value is -2.44. The minimum absolute atomic E-state index is 0.0802. The molecule has 4 N–H and O–H groups in total. The number of carbonyl (C=O) groups is 1. The Morgan fingerprint density at radius 2 is 2.00 bits per heavy atom. The highest BCUT2D eigenvalue weighted by Crippen LogP contribution is 2.30. The number of nitrogens with two attached hydrogens (primary N) is 1. The maximum Gasteiger partial charge on any atom is 0.252 e. The molecule has 1 aromatic rings. The topological polar surface area (TPSA) is 106 Å². The number of nitrogens with one attached hydrogen (secondary N) is 1. The number of oxime groups is 1. The van der Waals surface area contributed by atoms with Crippen molar-refractivity contribution in [1.82, 2.24) is 5.32 Å². The van der Waals surface area contributed by atoms with Crippen LogP contribution in [0.15, 0.2) is 23.4 Å². The molecule has 7 nitrogen and oxygen atoms in total. The fourth-order valence-corrected chi connectivity index (χ4v) is 1.73. The van der Waals surface area contributed by atoms with Crippen LogP contribution in [0.5, 0.6) is 11.5 Å². The van der Waals surface area contributed by atoms with E-state index in [9.17, 15) is 4.79 Å². The number of nitrogens with zero attached hydrogens (tertiary/aromatic N) is 1. The summed E-state index contributed by atoms with van der Waals surface area (Å²) in [5, 5.41) is 14.3. The third-order valence-electron chi connectivity index (χ3n) is 2.98. The molecule has 20 heavy (non-hydrogen) atoms. The highest BCUT2D eigenvalue weighted by molar-refractivity contribution is 6.00. The molecule has 0 atom stereocenters. The number of fused-ring (bicyclic) bond motifs is 1. The largest absolute Gasteiger partial charge is 0.486 e. The molecule has 0 spiro atoms. The van der Waals surface area contributed by atoms with Gasteiger partial charge in [-0.3, -0.25) is 4.79 Å². The van der Waals surface area contributed by atoms with Crippen LogP contribution in [0.3, 0.4) is 0 Å². The average molecular weight is 279 g/mol. The zero-order valence-electron chi connectivity index (χ0n) is 11.3. The molecule has 108 valence electrons. The first kappa shape index (κ1) is 14.0. The molecule has 1 heterocycles. The van der Waals surface area contributed by atoms with Gasteiger partial charge in [-0.25, -0.2) is 0 Å². The number of amides is 1. The average Bonchev–Trinajstić information content (AvgIpc) is 2.45. The summed E-state index contributed by atoms with van der Waals surface area (Å²) in [6.45, 7) is 4.22. The van der Waals surface area contributed by atoms with Crippen molar-refractivity contribution in [2.45, 2.75) is 19.4 Å². The second-order valence-corrected chi connectivity index (χ2v) is 4.92. The van der Waals surface area contributed by atoms with Crippen molar-refractivity contribution in [3.8, 4) is 11.5 Å². The van der Waals surface area contributed by atoms with Gasteiger partial charge in [-0.15, -0.1) is 0 Å². The van der Waals surface area contributed by atoms with Gasteiger partial charge in [0.15, 0.2) is 17.3 Å². The van der Waals surface area contributed by atoms with E-state index in [0.29, 0.717) is 30.3 Å². The lowest BCUT2D eigenvalue weighted by molar-refractivity contribution is 0.0929. The molecule has 0 saturated heterocycles. The Labute approximate surface area is 116 Å². The second-order valence-electron chi connectivity index (χ2n) is 4.92. The third-order valence-corrected chi connectivity index (χ3v) is 2.98. The summed E-state index contributed by atoms with van der Waals surface area (Å²) < 4.78 is 10.8. The van der Waals surface area contributed by atoms with Crippen LogP contribution in [0.1, 0.15) is 24.2 Å². The third kappa shape index (κ3) is 2.76. The zero-order valence-corrected chi connectivity index (χ0v) is 11.3. The van der Waals surface area contributed by atoms with Gasteiger partial charge >= 0.3 is 0 Å². The maximum atomic E-state index is 12.2. The summed E-state index contributed by atoms with van der Waals surface area (Å²) >= 11 is 0. The van der Waals surface area contributed by atoms with Crippen molar-refractivity contribution in [2.75, 3.05) is 13.2 Å². The first-order valence-corrected chi connectivity index (χ1v) is 6.14. The van der Waals surface area contributed by atoms with E-state index < -0.39 is 5.54 Å². The number of ether oxygens (including phenoxy) is 2. The number of amidine groups is 1. The maximum absolute atomic E-state index is 12.2. The minimum Gasteiger partial charge on any atom is -0.486 e. The van der Waals surface area contributed by atoms with Crippen molar-refractivity contribution >= 4 is 11.7 Å². The molecule has 0 radical (unpaired) electrons. The lowest BCUT2D eigenvalue weighted by atomic mass is 10.0. The predicted molar refractivity (Wildman–Crippen MR) is 72.4 cm³/mol. The second kappa shape index (κ2) is 5.28.